The van der Waals surface area contributed by atoms with Crippen molar-refractivity contribution in [2.24, 2.45) is 0 Å². The Balaban J connectivity index is 1.84. The predicted molar refractivity (Wildman–Crippen MR) is 87.5 cm³/mol. The van der Waals surface area contributed by atoms with Crippen molar-refractivity contribution in [3.63, 3.8) is 0 Å². The van der Waals surface area contributed by atoms with E-state index in [1.165, 1.54) is 0 Å². The number of aliphatic hydroxyl groups is 1. The van der Waals surface area contributed by atoms with Gasteiger partial charge in [-0.3, -0.25) is 0 Å². The normalized spacial score (nSPS) is 10.6. The van der Waals surface area contributed by atoms with Crippen LogP contribution in [0.1, 0.15) is 0 Å². The quantitative estimate of drug-likeness (QED) is 0.497. The van der Waals surface area contributed by atoms with Crippen LogP contribution in [0.2, 0.25) is 0 Å². The Kier molecular flexibility index (Phi) is 4.80. The van der Waals surface area contributed by atoms with Gasteiger partial charge in [-0.2, -0.15) is 0 Å². The summed E-state index contributed by atoms with van der Waals surface area (Å²) >= 11 is 0. The van der Waals surface area contributed by atoms with Crippen molar-refractivity contribution in [1.29, 1.82) is 0 Å². The van der Waals surface area contributed by atoms with E-state index >= 15 is 0 Å². The predicted octanol–water partition coefficient (Wildman–Crippen LogP) is 0.834. The van der Waals surface area contributed by atoms with Gasteiger partial charge in [-0.1, -0.05) is 0 Å². The molecule has 0 aliphatic heterocycles. The van der Waals surface area contributed by atoms with Gasteiger partial charge in [0.1, 0.15) is 30.8 Å². The molecule has 0 aliphatic rings. The van der Waals surface area contributed by atoms with Crippen LogP contribution >= 0.6 is 0 Å². The molecule has 2 rings (SSSR count). The van der Waals surface area contributed by atoms with Gasteiger partial charge in [0.2, 0.25) is 0 Å². The van der Waals surface area contributed by atoms with Crippen LogP contribution in [-0.4, -0.2) is 24.4 Å². The zero-order valence-electron chi connectivity index (χ0n) is 12.0. The molecule has 0 heterocycles. The van der Waals surface area contributed by atoms with Crippen LogP contribution in [0.25, 0.3) is 0 Å². The van der Waals surface area contributed by atoms with Gasteiger partial charge >= 0.3 is 0 Å². The average Bonchev–Trinajstić information content (AvgIpc) is 2.45. The monoisotopic (exact) mass is 304 g/mol. The largest absolute Gasteiger partial charge is 0.489 e. The highest BCUT2D eigenvalue weighted by atomic mass is 16.5. The Bertz CT molecular complexity index is 593. The molecule has 0 amide bonds. The fourth-order valence-electron chi connectivity index (χ4n) is 1.82. The van der Waals surface area contributed by atoms with Crippen molar-refractivity contribution >= 4 is 22.7 Å². The van der Waals surface area contributed by atoms with Crippen LogP contribution < -0.4 is 32.4 Å². The van der Waals surface area contributed by atoms with E-state index in [0.717, 1.165) is 0 Å². The molecule has 0 spiro atoms. The number of anilines is 4. The minimum Gasteiger partial charge on any atom is -0.489 e. The highest BCUT2D eigenvalue weighted by Gasteiger charge is 2.10. The highest BCUT2D eigenvalue weighted by molar-refractivity contribution is 5.61. The van der Waals surface area contributed by atoms with E-state index < -0.39 is 6.10 Å². The van der Waals surface area contributed by atoms with Gasteiger partial charge in [0.15, 0.2) is 0 Å². The maximum Gasteiger partial charge on any atom is 0.142 e. The van der Waals surface area contributed by atoms with Gasteiger partial charge in [0.05, 0.1) is 11.4 Å². The van der Waals surface area contributed by atoms with E-state index in [2.05, 4.69) is 0 Å². The maximum absolute atomic E-state index is 9.88. The molecule has 0 bridgehead atoms. The van der Waals surface area contributed by atoms with E-state index in [1.807, 2.05) is 0 Å². The summed E-state index contributed by atoms with van der Waals surface area (Å²) in [6.45, 7) is 0.0615. The summed E-state index contributed by atoms with van der Waals surface area (Å²) in [4.78, 5) is 0. The topological polar surface area (TPSA) is 143 Å². The molecule has 0 atom stereocenters. The van der Waals surface area contributed by atoms with Crippen molar-refractivity contribution < 1.29 is 14.6 Å². The SMILES string of the molecule is Nc1ccc(OCC(O)COc2ccc(N)cc2N)c(N)c1. The summed E-state index contributed by atoms with van der Waals surface area (Å²) in [6, 6.07) is 9.82. The smallest absolute Gasteiger partial charge is 0.142 e. The van der Waals surface area contributed by atoms with Crippen LogP contribution in [0.4, 0.5) is 22.7 Å². The number of benzene rings is 2. The molecule has 0 unspecified atom stereocenters. The van der Waals surface area contributed by atoms with Crippen LogP contribution in [-0.2, 0) is 0 Å². The van der Waals surface area contributed by atoms with Gasteiger partial charge < -0.3 is 37.5 Å². The number of hydrogen-bond donors (Lipinski definition) is 5. The summed E-state index contributed by atoms with van der Waals surface area (Å²) in [7, 11) is 0. The number of rotatable bonds is 6. The van der Waals surface area contributed by atoms with E-state index in [-0.39, 0.29) is 13.2 Å². The number of hydrogen-bond acceptors (Lipinski definition) is 7. The zero-order valence-corrected chi connectivity index (χ0v) is 12.0. The first kappa shape index (κ1) is 15.6. The average molecular weight is 304 g/mol. The summed E-state index contributed by atoms with van der Waals surface area (Å²) in [6.07, 6.45) is -0.839. The lowest BCUT2D eigenvalue weighted by Gasteiger charge is -2.15. The minimum absolute atomic E-state index is 0.0307. The molecular formula is C15H20N4O3. The number of ether oxygens (including phenoxy) is 2. The number of nitrogen functional groups attached to an aromatic ring is 4. The van der Waals surface area contributed by atoms with E-state index in [0.29, 0.717) is 34.2 Å². The molecule has 7 heteroatoms. The second-order valence-corrected chi connectivity index (χ2v) is 4.87. The molecule has 0 radical (unpaired) electrons. The lowest BCUT2D eigenvalue weighted by atomic mass is 10.2. The zero-order chi connectivity index (χ0) is 16.1. The van der Waals surface area contributed by atoms with Crippen molar-refractivity contribution in [1.82, 2.24) is 0 Å². The molecule has 118 valence electrons. The Morgan fingerprint density at radius 1 is 0.773 bits per heavy atom. The third-order valence-corrected chi connectivity index (χ3v) is 2.93. The van der Waals surface area contributed by atoms with Crippen LogP contribution in [0, 0.1) is 0 Å². The summed E-state index contributed by atoms with van der Waals surface area (Å²) in [5.74, 6) is 0.917. The lowest BCUT2D eigenvalue weighted by Crippen LogP contribution is -2.25. The standard InChI is InChI=1S/C15H20N4O3/c16-9-1-3-14(12(18)5-9)21-7-11(20)8-22-15-4-2-10(17)6-13(15)19/h1-6,11,20H,7-8,16-19H2. The molecule has 2 aromatic carbocycles. The van der Waals surface area contributed by atoms with Gasteiger partial charge in [0, 0.05) is 11.4 Å². The fraction of sp³-hybridized carbons (Fsp3) is 0.200. The minimum atomic E-state index is -0.839. The molecule has 2 aromatic rings. The second kappa shape index (κ2) is 6.77. The first-order valence-corrected chi connectivity index (χ1v) is 6.69. The second-order valence-electron chi connectivity index (χ2n) is 4.87. The third-order valence-electron chi connectivity index (χ3n) is 2.93. The maximum atomic E-state index is 9.88. The van der Waals surface area contributed by atoms with Crippen LogP contribution in [0.15, 0.2) is 36.4 Å². The van der Waals surface area contributed by atoms with Crippen molar-refractivity contribution in [3.05, 3.63) is 36.4 Å². The molecular weight excluding hydrogens is 284 g/mol. The van der Waals surface area contributed by atoms with Gasteiger partial charge in [-0.05, 0) is 36.4 Å². The molecule has 0 saturated carbocycles. The number of nitrogens with two attached hydrogens (primary N) is 4. The van der Waals surface area contributed by atoms with Crippen molar-refractivity contribution in [2.45, 2.75) is 6.10 Å². The Morgan fingerprint density at radius 2 is 1.18 bits per heavy atom. The van der Waals surface area contributed by atoms with E-state index in [9.17, 15) is 5.11 Å². The number of aliphatic hydroxyl groups excluding tert-OH is 1. The van der Waals surface area contributed by atoms with E-state index in [4.69, 9.17) is 32.4 Å². The first-order chi connectivity index (χ1) is 10.5. The fourth-order valence-corrected chi connectivity index (χ4v) is 1.82. The lowest BCUT2D eigenvalue weighted by molar-refractivity contribution is 0.0632. The molecule has 22 heavy (non-hydrogen) atoms. The van der Waals surface area contributed by atoms with Gasteiger partial charge in [0.25, 0.3) is 0 Å². The Labute approximate surface area is 128 Å². The molecule has 9 N–H and O–H groups in total. The molecule has 0 aromatic heterocycles. The molecule has 7 nitrogen and oxygen atoms in total. The highest BCUT2D eigenvalue weighted by Crippen LogP contribution is 2.25. The van der Waals surface area contributed by atoms with Crippen molar-refractivity contribution in [2.75, 3.05) is 36.1 Å². The summed E-state index contributed by atoms with van der Waals surface area (Å²) in [5.41, 5.74) is 24.6. The van der Waals surface area contributed by atoms with Crippen LogP contribution in [0.3, 0.4) is 0 Å². The van der Waals surface area contributed by atoms with Gasteiger partial charge in [-0.15, -0.1) is 0 Å². The van der Waals surface area contributed by atoms with Crippen LogP contribution in [0.5, 0.6) is 11.5 Å². The molecule has 0 aliphatic carbocycles. The third kappa shape index (κ3) is 4.10. The van der Waals surface area contributed by atoms with Gasteiger partial charge in [-0.25, -0.2) is 0 Å². The summed E-state index contributed by atoms with van der Waals surface area (Å²) < 4.78 is 10.9. The summed E-state index contributed by atoms with van der Waals surface area (Å²) in [5, 5.41) is 9.88. The first-order valence-electron chi connectivity index (χ1n) is 6.69. The molecule has 0 fully saturated rings. The van der Waals surface area contributed by atoms with E-state index in [1.54, 1.807) is 36.4 Å². The molecule has 0 saturated heterocycles. The van der Waals surface area contributed by atoms with Crippen molar-refractivity contribution in [3.8, 4) is 11.5 Å². The Hall–Kier alpha value is -2.80. The Morgan fingerprint density at radius 3 is 1.55 bits per heavy atom.